The zero-order valence-electron chi connectivity index (χ0n) is 8.39. The van der Waals surface area contributed by atoms with Crippen molar-refractivity contribution in [1.29, 1.82) is 0 Å². The second-order valence-corrected chi connectivity index (χ2v) is 3.22. The number of terminal acetylenes is 1. The first-order valence-corrected chi connectivity index (χ1v) is 4.64. The van der Waals surface area contributed by atoms with Crippen LogP contribution in [-0.4, -0.2) is 18.6 Å². The quantitative estimate of drug-likeness (QED) is 0.491. The molecule has 0 aromatic heterocycles. The van der Waals surface area contributed by atoms with Gasteiger partial charge in [-0.1, -0.05) is 0 Å². The molecule has 0 aromatic rings. The van der Waals surface area contributed by atoms with Gasteiger partial charge < -0.3 is 10.6 Å². The van der Waals surface area contributed by atoms with E-state index in [-0.39, 0.29) is 12.1 Å². The highest BCUT2D eigenvalue weighted by Crippen LogP contribution is 1.91. The first-order chi connectivity index (χ1) is 6.16. The molecule has 0 heterocycles. The molecular formula is C10H18N2O. The Morgan fingerprint density at radius 3 is 2.69 bits per heavy atom. The minimum Gasteiger partial charge on any atom is -0.338 e. The highest BCUT2D eigenvalue weighted by molar-refractivity contribution is 5.73. The molecule has 3 nitrogen and oxygen atoms in total. The summed E-state index contributed by atoms with van der Waals surface area (Å²) in [5.41, 5.74) is 0. The van der Waals surface area contributed by atoms with E-state index < -0.39 is 0 Å². The van der Waals surface area contributed by atoms with Crippen LogP contribution in [0, 0.1) is 12.3 Å². The molecule has 2 amide bonds. The largest absolute Gasteiger partial charge is 0.338 e. The number of rotatable bonds is 5. The van der Waals surface area contributed by atoms with E-state index in [0.717, 1.165) is 19.3 Å². The molecule has 0 rings (SSSR count). The van der Waals surface area contributed by atoms with Gasteiger partial charge in [-0.05, 0) is 26.7 Å². The zero-order chi connectivity index (χ0) is 10.1. The minimum atomic E-state index is -0.101. The lowest BCUT2D eigenvalue weighted by molar-refractivity contribution is 0.238. The fourth-order valence-electron chi connectivity index (χ4n) is 0.867. The van der Waals surface area contributed by atoms with Gasteiger partial charge in [0.05, 0.1) is 0 Å². The summed E-state index contributed by atoms with van der Waals surface area (Å²) in [6, 6.07) is 0.0846. The van der Waals surface area contributed by atoms with E-state index in [0.29, 0.717) is 6.54 Å². The Hall–Kier alpha value is -1.17. The first-order valence-electron chi connectivity index (χ1n) is 4.64. The van der Waals surface area contributed by atoms with Crippen LogP contribution in [-0.2, 0) is 0 Å². The third-order valence-corrected chi connectivity index (χ3v) is 1.45. The highest BCUT2D eigenvalue weighted by atomic mass is 16.2. The van der Waals surface area contributed by atoms with Crippen LogP contribution in [0.3, 0.4) is 0 Å². The molecule has 0 unspecified atom stereocenters. The number of hydrogen-bond donors (Lipinski definition) is 2. The number of nitrogens with one attached hydrogen (secondary N) is 2. The zero-order valence-corrected chi connectivity index (χ0v) is 8.39. The smallest absolute Gasteiger partial charge is 0.314 e. The highest BCUT2D eigenvalue weighted by Gasteiger charge is 1.99. The third kappa shape index (κ3) is 8.74. The normalized spacial score (nSPS) is 9.38. The van der Waals surface area contributed by atoms with E-state index in [1.165, 1.54) is 0 Å². The van der Waals surface area contributed by atoms with Gasteiger partial charge in [0.15, 0.2) is 0 Å². The van der Waals surface area contributed by atoms with Gasteiger partial charge in [0.25, 0.3) is 0 Å². The molecule has 0 bridgehead atoms. The Balaban J connectivity index is 3.23. The lowest BCUT2D eigenvalue weighted by Gasteiger charge is -2.09. The maximum absolute atomic E-state index is 11.0. The van der Waals surface area contributed by atoms with Gasteiger partial charge >= 0.3 is 6.03 Å². The molecular weight excluding hydrogens is 164 g/mol. The Labute approximate surface area is 80.3 Å². The number of urea groups is 1. The van der Waals surface area contributed by atoms with Crippen LogP contribution in [0.1, 0.15) is 33.1 Å². The van der Waals surface area contributed by atoms with E-state index in [4.69, 9.17) is 6.42 Å². The van der Waals surface area contributed by atoms with Crippen LogP contribution in [0.4, 0.5) is 4.79 Å². The Morgan fingerprint density at radius 2 is 2.15 bits per heavy atom. The van der Waals surface area contributed by atoms with Gasteiger partial charge in [0.2, 0.25) is 0 Å². The second-order valence-electron chi connectivity index (χ2n) is 3.22. The molecule has 0 atom stereocenters. The van der Waals surface area contributed by atoms with E-state index in [1.54, 1.807) is 0 Å². The van der Waals surface area contributed by atoms with Crippen molar-refractivity contribution in [3.05, 3.63) is 0 Å². The molecule has 0 saturated heterocycles. The average Bonchev–Trinajstić information content (AvgIpc) is 2.02. The van der Waals surface area contributed by atoms with Gasteiger partial charge in [-0.3, -0.25) is 0 Å². The van der Waals surface area contributed by atoms with Crippen molar-refractivity contribution in [3.63, 3.8) is 0 Å². The molecule has 0 aromatic carbocycles. The van der Waals surface area contributed by atoms with Gasteiger partial charge in [0, 0.05) is 19.0 Å². The van der Waals surface area contributed by atoms with Gasteiger partial charge in [-0.25, -0.2) is 4.79 Å². The number of amides is 2. The lowest BCUT2D eigenvalue weighted by atomic mass is 10.2. The molecule has 74 valence electrons. The van der Waals surface area contributed by atoms with Crippen LogP contribution < -0.4 is 10.6 Å². The molecule has 0 aliphatic rings. The summed E-state index contributed by atoms with van der Waals surface area (Å²) < 4.78 is 0. The number of unbranched alkanes of at least 4 members (excludes halogenated alkanes) is 2. The Kier molecular flexibility index (Phi) is 6.80. The third-order valence-electron chi connectivity index (χ3n) is 1.45. The summed E-state index contributed by atoms with van der Waals surface area (Å²) in [5, 5.41) is 5.50. The second kappa shape index (κ2) is 7.48. The molecule has 13 heavy (non-hydrogen) atoms. The van der Waals surface area contributed by atoms with Crippen LogP contribution >= 0.6 is 0 Å². The predicted octanol–water partition coefficient (Wildman–Crippen LogP) is 1.50. The van der Waals surface area contributed by atoms with Crippen molar-refractivity contribution in [3.8, 4) is 12.3 Å². The Morgan fingerprint density at radius 1 is 1.46 bits per heavy atom. The van der Waals surface area contributed by atoms with E-state index in [1.807, 2.05) is 13.8 Å². The van der Waals surface area contributed by atoms with Crippen molar-refractivity contribution in [2.75, 3.05) is 6.54 Å². The summed E-state index contributed by atoms with van der Waals surface area (Å²) in [5.74, 6) is 2.56. The van der Waals surface area contributed by atoms with Crippen molar-refractivity contribution < 1.29 is 4.79 Å². The lowest BCUT2D eigenvalue weighted by Crippen LogP contribution is -2.39. The van der Waals surface area contributed by atoms with Gasteiger partial charge in [-0.15, -0.1) is 12.3 Å². The van der Waals surface area contributed by atoms with Crippen molar-refractivity contribution in [1.82, 2.24) is 10.6 Å². The summed E-state index contributed by atoms with van der Waals surface area (Å²) in [6.45, 7) is 4.55. The van der Waals surface area contributed by atoms with E-state index in [2.05, 4.69) is 16.6 Å². The van der Waals surface area contributed by atoms with Crippen LogP contribution in [0.15, 0.2) is 0 Å². The number of carbonyl (C=O) groups excluding carboxylic acids is 1. The standard InChI is InChI=1S/C10H18N2O/c1-4-5-6-7-8-11-10(13)12-9(2)3/h1,9H,5-8H2,2-3H3,(H2,11,12,13). The first kappa shape index (κ1) is 11.8. The topological polar surface area (TPSA) is 41.1 Å². The molecule has 2 N–H and O–H groups in total. The molecule has 0 spiro atoms. The summed E-state index contributed by atoms with van der Waals surface area (Å²) in [6.07, 6.45) is 7.78. The summed E-state index contributed by atoms with van der Waals surface area (Å²) in [7, 11) is 0. The SMILES string of the molecule is C#CCCCCNC(=O)NC(C)C. The maximum atomic E-state index is 11.0. The van der Waals surface area contributed by atoms with Crippen LogP contribution in [0.25, 0.3) is 0 Å². The molecule has 0 aliphatic carbocycles. The number of carbonyl (C=O) groups is 1. The monoisotopic (exact) mass is 182 g/mol. The minimum absolute atomic E-state index is 0.101. The van der Waals surface area contributed by atoms with Crippen molar-refractivity contribution >= 4 is 6.03 Å². The molecule has 0 saturated carbocycles. The van der Waals surface area contributed by atoms with E-state index in [9.17, 15) is 4.79 Å². The van der Waals surface area contributed by atoms with Crippen LogP contribution in [0.5, 0.6) is 0 Å². The van der Waals surface area contributed by atoms with E-state index >= 15 is 0 Å². The van der Waals surface area contributed by atoms with Gasteiger partial charge in [-0.2, -0.15) is 0 Å². The predicted molar refractivity (Wildman–Crippen MR) is 54.4 cm³/mol. The molecule has 0 fully saturated rings. The summed E-state index contributed by atoms with van der Waals surface area (Å²) in [4.78, 5) is 11.0. The number of hydrogen-bond acceptors (Lipinski definition) is 1. The molecule has 3 heteroatoms. The van der Waals surface area contributed by atoms with Crippen LogP contribution in [0.2, 0.25) is 0 Å². The summed E-state index contributed by atoms with van der Waals surface area (Å²) >= 11 is 0. The maximum Gasteiger partial charge on any atom is 0.314 e. The fourth-order valence-corrected chi connectivity index (χ4v) is 0.867. The fraction of sp³-hybridized carbons (Fsp3) is 0.700. The van der Waals surface area contributed by atoms with Gasteiger partial charge in [0.1, 0.15) is 0 Å². The molecule has 0 aliphatic heterocycles. The average molecular weight is 182 g/mol. The van der Waals surface area contributed by atoms with Crippen molar-refractivity contribution in [2.24, 2.45) is 0 Å². The Bertz CT molecular complexity index is 182. The molecule has 0 radical (unpaired) electrons. The van der Waals surface area contributed by atoms with Crippen molar-refractivity contribution in [2.45, 2.75) is 39.2 Å².